The van der Waals surface area contributed by atoms with E-state index in [0.717, 1.165) is 18.4 Å². The van der Waals surface area contributed by atoms with Crippen LogP contribution in [0, 0.1) is 5.92 Å². The van der Waals surface area contributed by atoms with Crippen LogP contribution < -0.4 is 0 Å². The summed E-state index contributed by atoms with van der Waals surface area (Å²) in [5.74, 6) is 0.0180. The summed E-state index contributed by atoms with van der Waals surface area (Å²) >= 11 is 6.02. The molecule has 1 aliphatic carbocycles. The first kappa shape index (κ1) is 12.4. The summed E-state index contributed by atoms with van der Waals surface area (Å²) < 4.78 is 10.4. The van der Waals surface area contributed by atoms with E-state index in [1.165, 1.54) is 7.11 Å². The lowest BCUT2D eigenvalue weighted by Crippen LogP contribution is -2.27. The van der Waals surface area contributed by atoms with Gasteiger partial charge in [0.05, 0.1) is 13.7 Å². The molecule has 0 spiro atoms. The topological polar surface area (TPSA) is 35.5 Å². The summed E-state index contributed by atoms with van der Waals surface area (Å²) in [7, 11) is 1.39. The third kappa shape index (κ3) is 3.20. The molecule has 1 aliphatic rings. The van der Waals surface area contributed by atoms with Gasteiger partial charge >= 0.3 is 5.97 Å². The van der Waals surface area contributed by atoms with Gasteiger partial charge < -0.3 is 9.47 Å². The Labute approximate surface area is 106 Å². The summed E-state index contributed by atoms with van der Waals surface area (Å²) in [6.45, 7) is 0.343. The van der Waals surface area contributed by atoms with Gasteiger partial charge in [-0.3, -0.25) is 0 Å². The van der Waals surface area contributed by atoms with E-state index in [9.17, 15) is 4.79 Å². The van der Waals surface area contributed by atoms with Gasteiger partial charge in [-0.2, -0.15) is 0 Å². The van der Waals surface area contributed by atoms with Crippen molar-refractivity contribution in [3.8, 4) is 0 Å². The summed E-state index contributed by atoms with van der Waals surface area (Å²) in [5, 5.41) is 0.659. The minimum Gasteiger partial charge on any atom is -0.467 e. The quantitative estimate of drug-likeness (QED) is 0.758. The molecule has 92 valence electrons. The maximum atomic E-state index is 11.5. The molecular formula is C13H15ClO3. The molecule has 0 amide bonds. The highest BCUT2D eigenvalue weighted by atomic mass is 35.5. The first-order valence-electron chi connectivity index (χ1n) is 5.65. The summed E-state index contributed by atoms with van der Waals surface area (Å²) in [6.07, 6.45) is 1.61. The van der Waals surface area contributed by atoms with Crippen LogP contribution in [0.3, 0.4) is 0 Å². The maximum Gasteiger partial charge on any atom is 0.335 e. The Hall–Kier alpha value is -1.06. The van der Waals surface area contributed by atoms with Crippen LogP contribution in [0.15, 0.2) is 24.3 Å². The molecule has 1 atom stereocenters. The third-order valence-electron chi connectivity index (χ3n) is 2.86. The minimum atomic E-state index is -0.448. The van der Waals surface area contributed by atoms with Crippen LogP contribution >= 0.6 is 11.6 Å². The normalized spacial score (nSPS) is 16.6. The average Bonchev–Trinajstić information content (AvgIpc) is 3.15. The van der Waals surface area contributed by atoms with Crippen molar-refractivity contribution < 1.29 is 14.3 Å². The highest BCUT2D eigenvalue weighted by Crippen LogP contribution is 2.35. The number of methoxy groups -OCH3 is 1. The number of carbonyl (C=O) groups excluding carboxylic acids is 1. The fraction of sp³-hybridized carbons (Fsp3) is 0.462. The van der Waals surface area contributed by atoms with Crippen LogP contribution in [0.25, 0.3) is 0 Å². The van der Waals surface area contributed by atoms with Crippen LogP contribution in [-0.4, -0.2) is 19.2 Å². The van der Waals surface area contributed by atoms with E-state index in [-0.39, 0.29) is 5.97 Å². The van der Waals surface area contributed by atoms with Crippen molar-refractivity contribution in [1.29, 1.82) is 0 Å². The van der Waals surface area contributed by atoms with Crippen molar-refractivity contribution >= 4 is 17.6 Å². The number of benzene rings is 1. The molecule has 2 rings (SSSR count). The lowest BCUT2D eigenvalue weighted by molar-refractivity contribution is -0.156. The zero-order chi connectivity index (χ0) is 12.3. The van der Waals surface area contributed by atoms with Gasteiger partial charge in [0.25, 0.3) is 0 Å². The molecule has 1 aromatic rings. The molecule has 1 aromatic carbocycles. The van der Waals surface area contributed by atoms with E-state index >= 15 is 0 Å². The molecule has 0 saturated heterocycles. The van der Waals surface area contributed by atoms with Crippen LogP contribution in [0.1, 0.15) is 18.4 Å². The zero-order valence-corrected chi connectivity index (χ0v) is 10.4. The van der Waals surface area contributed by atoms with Crippen molar-refractivity contribution in [3.05, 3.63) is 34.9 Å². The second-order valence-corrected chi connectivity index (χ2v) is 4.59. The Balaban J connectivity index is 1.95. The molecule has 0 aliphatic heterocycles. The van der Waals surface area contributed by atoms with Crippen LogP contribution in [-0.2, 0) is 20.9 Å². The molecule has 0 aromatic heterocycles. The molecule has 1 unspecified atom stereocenters. The summed E-state index contributed by atoms with van der Waals surface area (Å²) in [6, 6.07) is 7.47. The van der Waals surface area contributed by atoms with Crippen molar-refractivity contribution in [3.63, 3.8) is 0 Å². The Morgan fingerprint density at radius 1 is 1.47 bits per heavy atom. The second kappa shape index (κ2) is 5.52. The molecule has 1 fully saturated rings. The van der Waals surface area contributed by atoms with E-state index in [4.69, 9.17) is 21.1 Å². The van der Waals surface area contributed by atoms with E-state index in [1.807, 2.05) is 24.3 Å². The maximum absolute atomic E-state index is 11.5. The monoisotopic (exact) mass is 254 g/mol. The van der Waals surface area contributed by atoms with Crippen molar-refractivity contribution in [1.82, 2.24) is 0 Å². The number of carbonyl (C=O) groups is 1. The van der Waals surface area contributed by atoms with Gasteiger partial charge in [-0.25, -0.2) is 4.79 Å². The number of rotatable bonds is 5. The summed E-state index contributed by atoms with van der Waals surface area (Å²) in [4.78, 5) is 11.5. The average molecular weight is 255 g/mol. The number of esters is 1. The van der Waals surface area contributed by atoms with Crippen molar-refractivity contribution in [2.24, 2.45) is 5.92 Å². The molecule has 0 heterocycles. The van der Waals surface area contributed by atoms with Gasteiger partial charge in [0.15, 0.2) is 6.10 Å². The fourth-order valence-corrected chi connectivity index (χ4v) is 1.90. The minimum absolute atomic E-state index is 0.292. The van der Waals surface area contributed by atoms with Gasteiger partial charge in [0, 0.05) is 5.02 Å². The SMILES string of the molecule is COC(=O)C(OCc1ccccc1Cl)C1CC1. The van der Waals surface area contributed by atoms with E-state index in [0.29, 0.717) is 17.5 Å². The zero-order valence-electron chi connectivity index (χ0n) is 9.69. The smallest absolute Gasteiger partial charge is 0.335 e. The fourth-order valence-electron chi connectivity index (χ4n) is 1.71. The highest BCUT2D eigenvalue weighted by molar-refractivity contribution is 6.31. The van der Waals surface area contributed by atoms with Gasteiger partial charge in [-0.05, 0) is 30.4 Å². The van der Waals surface area contributed by atoms with Gasteiger partial charge in [-0.15, -0.1) is 0 Å². The number of hydrogen-bond acceptors (Lipinski definition) is 3. The number of hydrogen-bond donors (Lipinski definition) is 0. The molecule has 0 N–H and O–H groups in total. The van der Waals surface area contributed by atoms with E-state index in [2.05, 4.69) is 0 Å². The largest absolute Gasteiger partial charge is 0.467 e. The van der Waals surface area contributed by atoms with Crippen LogP contribution in [0.4, 0.5) is 0 Å². The molecule has 0 bridgehead atoms. The van der Waals surface area contributed by atoms with Crippen molar-refractivity contribution in [2.75, 3.05) is 7.11 Å². The lowest BCUT2D eigenvalue weighted by Gasteiger charge is -2.15. The Morgan fingerprint density at radius 3 is 2.76 bits per heavy atom. The first-order chi connectivity index (χ1) is 8.22. The predicted octanol–water partition coefficient (Wildman–Crippen LogP) is 2.81. The Kier molecular flexibility index (Phi) is 4.02. The Bertz CT molecular complexity index is 401. The van der Waals surface area contributed by atoms with E-state index < -0.39 is 6.10 Å². The first-order valence-corrected chi connectivity index (χ1v) is 6.03. The lowest BCUT2D eigenvalue weighted by atomic mass is 10.2. The van der Waals surface area contributed by atoms with E-state index in [1.54, 1.807) is 0 Å². The third-order valence-corrected chi connectivity index (χ3v) is 3.23. The molecular weight excluding hydrogens is 240 g/mol. The van der Waals surface area contributed by atoms with Crippen LogP contribution in [0.2, 0.25) is 5.02 Å². The van der Waals surface area contributed by atoms with Gasteiger partial charge in [-0.1, -0.05) is 29.8 Å². The standard InChI is InChI=1S/C13H15ClO3/c1-16-13(15)12(9-6-7-9)17-8-10-4-2-3-5-11(10)14/h2-5,9,12H,6-8H2,1H3. The summed E-state index contributed by atoms with van der Waals surface area (Å²) in [5.41, 5.74) is 0.892. The second-order valence-electron chi connectivity index (χ2n) is 4.18. The molecule has 0 radical (unpaired) electrons. The van der Waals surface area contributed by atoms with Crippen LogP contribution in [0.5, 0.6) is 0 Å². The van der Waals surface area contributed by atoms with Crippen molar-refractivity contribution in [2.45, 2.75) is 25.6 Å². The number of ether oxygens (including phenoxy) is 2. The molecule has 4 heteroatoms. The Morgan fingerprint density at radius 2 is 2.18 bits per heavy atom. The highest BCUT2D eigenvalue weighted by Gasteiger charge is 2.37. The number of halogens is 1. The predicted molar refractivity (Wildman–Crippen MR) is 64.8 cm³/mol. The van der Waals surface area contributed by atoms with Gasteiger partial charge in [0.1, 0.15) is 0 Å². The molecule has 3 nitrogen and oxygen atoms in total. The van der Waals surface area contributed by atoms with Gasteiger partial charge in [0.2, 0.25) is 0 Å². The molecule has 17 heavy (non-hydrogen) atoms. The molecule has 1 saturated carbocycles.